The summed E-state index contributed by atoms with van der Waals surface area (Å²) in [6, 6.07) is 5.91. The van der Waals surface area contributed by atoms with E-state index in [4.69, 9.17) is 10.5 Å². The number of aliphatic hydroxyl groups is 2. The van der Waals surface area contributed by atoms with E-state index in [1.165, 1.54) is 12.1 Å². The molecule has 9 heteroatoms. The Balaban J connectivity index is 1.47. The van der Waals surface area contributed by atoms with Crippen molar-refractivity contribution in [3.05, 3.63) is 53.3 Å². The molecule has 1 aromatic carbocycles. The fourth-order valence-corrected chi connectivity index (χ4v) is 4.79. The molecule has 0 spiro atoms. The summed E-state index contributed by atoms with van der Waals surface area (Å²) in [7, 11) is 0. The van der Waals surface area contributed by atoms with E-state index in [2.05, 4.69) is 10.3 Å². The minimum absolute atomic E-state index is 0.117. The van der Waals surface area contributed by atoms with E-state index in [0.717, 1.165) is 23.4 Å². The number of ether oxygens (including phenoxy) is 1. The number of pyridine rings is 1. The first-order valence-electron chi connectivity index (χ1n) is 10.7. The quantitative estimate of drug-likeness (QED) is 0.493. The number of nitrogen functional groups attached to an aromatic ring is 1. The van der Waals surface area contributed by atoms with Crippen LogP contribution in [0.5, 0.6) is 5.75 Å². The molecule has 3 heterocycles. The number of aliphatic hydroxyl groups excluding tert-OH is 2. The number of rotatable bonds is 4. The first-order valence-corrected chi connectivity index (χ1v) is 10.7. The van der Waals surface area contributed by atoms with Gasteiger partial charge in [0.25, 0.3) is 5.92 Å². The lowest BCUT2D eigenvalue weighted by molar-refractivity contribution is -0.0170. The van der Waals surface area contributed by atoms with Gasteiger partial charge in [0, 0.05) is 54.5 Å². The summed E-state index contributed by atoms with van der Waals surface area (Å²) in [4.78, 5) is 4.37. The largest absolute Gasteiger partial charge is 0.487 e. The number of alkyl halides is 2. The van der Waals surface area contributed by atoms with Gasteiger partial charge in [0.15, 0.2) is 0 Å². The first kappa shape index (κ1) is 21.1. The zero-order chi connectivity index (χ0) is 22.6. The molecule has 4 atom stereocenters. The molecule has 32 heavy (non-hydrogen) atoms. The third-order valence-corrected chi connectivity index (χ3v) is 6.56. The second kappa shape index (κ2) is 7.68. The van der Waals surface area contributed by atoms with Gasteiger partial charge in [0.05, 0.1) is 6.04 Å². The lowest BCUT2D eigenvalue weighted by atomic mass is 9.95. The van der Waals surface area contributed by atoms with Gasteiger partial charge in [-0.15, -0.1) is 0 Å². The first-order chi connectivity index (χ1) is 15.2. The Morgan fingerprint density at radius 2 is 2.06 bits per heavy atom. The number of benzene rings is 1. The van der Waals surface area contributed by atoms with Crippen molar-refractivity contribution in [3.63, 3.8) is 0 Å². The fraction of sp³-hybridized carbons (Fsp3) is 0.435. The molecule has 5 rings (SSSR count). The molecule has 1 aliphatic heterocycles. The zero-order valence-corrected chi connectivity index (χ0v) is 17.6. The molecular formula is C23H26F2N4O3. The third kappa shape index (κ3) is 3.50. The Labute approximate surface area is 183 Å². The molecule has 1 aliphatic carbocycles. The second-order valence-electron chi connectivity index (χ2n) is 8.73. The summed E-state index contributed by atoms with van der Waals surface area (Å²) in [5.74, 6) is -2.69. The van der Waals surface area contributed by atoms with Crippen LogP contribution in [0.15, 0.2) is 36.7 Å². The van der Waals surface area contributed by atoms with Crippen LogP contribution in [0.25, 0.3) is 11.0 Å². The van der Waals surface area contributed by atoms with E-state index in [1.807, 2.05) is 6.07 Å². The summed E-state index contributed by atoms with van der Waals surface area (Å²) in [5, 5.41) is 25.5. The highest BCUT2D eigenvalue weighted by atomic mass is 19.3. The molecule has 2 aromatic heterocycles. The van der Waals surface area contributed by atoms with Crippen LogP contribution in [0.3, 0.4) is 0 Å². The molecule has 170 valence electrons. The van der Waals surface area contributed by atoms with E-state index in [0.29, 0.717) is 36.6 Å². The Morgan fingerprint density at radius 3 is 2.84 bits per heavy atom. The van der Waals surface area contributed by atoms with Crippen molar-refractivity contribution in [2.24, 2.45) is 0 Å². The topological polar surface area (TPSA) is 106 Å². The van der Waals surface area contributed by atoms with Crippen LogP contribution < -0.4 is 15.8 Å². The molecule has 0 saturated heterocycles. The lowest BCUT2D eigenvalue weighted by Gasteiger charge is -2.26. The van der Waals surface area contributed by atoms with Gasteiger partial charge in [-0.3, -0.25) is 0 Å². The summed E-state index contributed by atoms with van der Waals surface area (Å²) >= 11 is 0. The highest BCUT2D eigenvalue weighted by Crippen LogP contribution is 2.40. The van der Waals surface area contributed by atoms with Gasteiger partial charge in [0.1, 0.15) is 29.7 Å². The number of hydrogen-bond donors (Lipinski definition) is 4. The van der Waals surface area contributed by atoms with Crippen molar-refractivity contribution >= 4 is 16.7 Å². The Morgan fingerprint density at radius 1 is 1.25 bits per heavy atom. The molecule has 1 fully saturated rings. The number of aromatic nitrogens is 2. The molecule has 1 saturated carbocycles. The standard InChI is InChI=1S/C23H26F2N4O3/c1-23(24,25)13-8-12-2-5-27-11-15(12)18(9-13)32-19-10-17(20(30)21(19)31)29-7-4-14-16(26)3-6-28-22(14)29/h3-4,6-9,17,19-21,27,30-31H,2,5,10-11H2,1H3,(H2,26,28)/t17-,19+,20+,21-/m1/s1. The maximum Gasteiger partial charge on any atom is 0.270 e. The average molecular weight is 444 g/mol. The van der Waals surface area contributed by atoms with Crippen molar-refractivity contribution in [1.82, 2.24) is 14.9 Å². The van der Waals surface area contributed by atoms with Gasteiger partial charge < -0.3 is 30.6 Å². The molecule has 0 unspecified atom stereocenters. The number of hydrogen-bond acceptors (Lipinski definition) is 6. The van der Waals surface area contributed by atoms with Gasteiger partial charge >= 0.3 is 0 Å². The number of fused-ring (bicyclic) bond motifs is 2. The third-order valence-electron chi connectivity index (χ3n) is 6.56. The molecule has 0 bridgehead atoms. The van der Waals surface area contributed by atoms with E-state index in [-0.39, 0.29) is 12.0 Å². The van der Waals surface area contributed by atoms with Crippen LogP contribution in [0.1, 0.15) is 36.1 Å². The average Bonchev–Trinajstić information content (AvgIpc) is 3.30. The summed E-state index contributed by atoms with van der Waals surface area (Å²) < 4.78 is 36.1. The Hall–Kier alpha value is -2.75. The SMILES string of the molecule is CC(F)(F)c1cc2c(c(O[C@H]3C[C@@H](n4ccc5c(N)ccnc54)[C@H](O)[C@@H]3O)c1)CNCC2. The molecule has 0 amide bonds. The molecular weight excluding hydrogens is 418 g/mol. The minimum Gasteiger partial charge on any atom is -0.487 e. The summed E-state index contributed by atoms with van der Waals surface area (Å²) in [6.45, 7) is 2.06. The molecule has 2 aliphatic rings. The number of nitrogens with zero attached hydrogens (tertiary/aromatic N) is 2. The number of nitrogens with one attached hydrogen (secondary N) is 1. The monoisotopic (exact) mass is 444 g/mol. The molecule has 5 N–H and O–H groups in total. The maximum absolute atomic E-state index is 14.1. The van der Waals surface area contributed by atoms with E-state index in [1.54, 1.807) is 23.0 Å². The maximum atomic E-state index is 14.1. The molecule has 7 nitrogen and oxygen atoms in total. The number of halogens is 2. The van der Waals surface area contributed by atoms with Crippen molar-refractivity contribution in [1.29, 1.82) is 0 Å². The van der Waals surface area contributed by atoms with Crippen LogP contribution >= 0.6 is 0 Å². The van der Waals surface area contributed by atoms with Crippen LogP contribution in [-0.4, -0.2) is 44.6 Å². The number of nitrogens with two attached hydrogens (primary N) is 1. The predicted molar refractivity (Wildman–Crippen MR) is 116 cm³/mol. The van der Waals surface area contributed by atoms with Crippen molar-refractivity contribution in [2.45, 2.75) is 56.6 Å². The van der Waals surface area contributed by atoms with Crippen LogP contribution in [0, 0.1) is 0 Å². The van der Waals surface area contributed by atoms with Crippen molar-refractivity contribution in [3.8, 4) is 5.75 Å². The predicted octanol–water partition coefficient (Wildman–Crippen LogP) is 2.49. The lowest BCUT2D eigenvalue weighted by Crippen LogP contribution is -2.35. The van der Waals surface area contributed by atoms with Gasteiger partial charge in [-0.05, 0) is 42.8 Å². The summed E-state index contributed by atoms with van der Waals surface area (Å²) in [5.41, 5.74) is 8.72. The molecule has 3 aromatic rings. The van der Waals surface area contributed by atoms with Crippen LogP contribution in [-0.2, 0) is 18.9 Å². The van der Waals surface area contributed by atoms with Gasteiger partial charge in [-0.1, -0.05) is 0 Å². The number of anilines is 1. The second-order valence-corrected chi connectivity index (χ2v) is 8.73. The smallest absolute Gasteiger partial charge is 0.270 e. The fourth-order valence-electron chi connectivity index (χ4n) is 4.79. The van der Waals surface area contributed by atoms with E-state index in [9.17, 15) is 19.0 Å². The van der Waals surface area contributed by atoms with E-state index >= 15 is 0 Å². The van der Waals surface area contributed by atoms with Crippen LogP contribution in [0.2, 0.25) is 0 Å². The highest BCUT2D eigenvalue weighted by molar-refractivity contribution is 5.88. The zero-order valence-electron chi connectivity index (χ0n) is 17.6. The van der Waals surface area contributed by atoms with Crippen LogP contribution in [0.4, 0.5) is 14.5 Å². The van der Waals surface area contributed by atoms with Crippen molar-refractivity contribution < 1.29 is 23.7 Å². The van der Waals surface area contributed by atoms with Gasteiger partial charge in [0.2, 0.25) is 0 Å². The Bertz CT molecular complexity index is 1160. The Kier molecular flexibility index (Phi) is 5.07. The molecule has 0 radical (unpaired) electrons. The van der Waals surface area contributed by atoms with Gasteiger partial charge in [-0.2, -0.15) is 0 Å². The highest BCUT2D eigenvalue weighted by Gasteiger charge is 2.45. The van der Waals surface area contributed by atoms with Gasteiger partial charge in [-0.25, -0.2) is 13.8 Å². The van der Waals surface area contributed by atoms with Crippen molar-refractivity contribution in [2.75, 3.05) is 12.3 Å². The normalized spacial score (nSPS) is 25.8. The van der Waals surface area contributed by atoms with E-state index < -0.39 is 30.3 Å². The minimum atomic E-state index is -3.01. The summed E-state index contributed by atoms with van der Waals surface area (Å²) in [6.07, 6.45) is 1.23.